The summed E-state index contributed by atoms with van der Waals surface area (Å²) in [5.74, 6) is 5.83. The first-order valence-corrected chi connectivity index (χ1v) is 7.70. The Hall–Kier alpha value is -0.910. The molecule has 20 heavy (non-hydrogen) atoms. The molecule has 0 radical (unpaired) electrons. The van der Waals surface area contributed by atoms with Crippen LogP contribution in [0.4, 0.5) is 0 Å². The number of nitrogens with zero attached hydrogens (tertiary/aromatic N) is 2. The van der Waals surface area contributed by atoms with Crippen molar-refractivity contribution in [1.82, 2.24) is 15.2 Å². The second-order valence-corrected chi connectivity index (χ2v) is 5.22. The fourth-order valence-corrected chi connectivity index (χ4v) is 2.98. The van der Waals surface area contributed by atoms with Crippen molar-refractivity contribution in [2.24, 2.45) is 5.84 Å². The lowest BCUT2D eigenvalue weighted by Crippen LogP contribution is -2.55. The van der Waals surface area contributed by atoms with Crippen LogP contribution in [0.15, 0.2) is 6.07 Å². The summed E-state index contributed by atoms with van der Waals surface area (Å²) in [7, 11) is 0. The van der Waals surface area contributed by atoms with Crippen molar-refractivity contribution < 1.29 is 4.74 Å². The Kier molecular flexibility index (Phi) is 6.65. The van der Waals surface area contributed by atoms with E-state index in [1.54, 1.807) is 0 Å². The van der Waals surface area contributed by atoms with Crippen LogP contribution < -0.4 is 11.3 Å². The Morgan fingerprint density at radius 1 is 1.35 bits per heavy atom. The van der Waals surface area contributed by atoms with Crippen LogP contribution in [0.1, 0.15) is 51.9 Å². The first kappa shape index (κ1) is 17.1. The molecular weight excluding hydrogens is 252 g/mol. The maximum atomic E-state index is 6.06. The molecule has 0 aromatic carbocycles. The van der Waals surface area contributed by atoms with E-state index in [-0.39, 0.29) is 11.6 Å². The van der Waals surface area contributed by atoms with Gasteiger partial charge in [0, 0.05) is 25.3 Å². The quantitative estimate of drug-likeness (QED) is 0.538. The van der Waals surface area contributed by atoms with Gasteiger partial charge in [-0.2, -0.15) is 5.10 Å². The number of aryl methyl sites for hydroxylation is 2. The minimum atomic E-state index is -0.222. The van der Waals surface area contributed by atoms with Crippen LogP contribution in [0, 0.1) is 6.92 Å². The van der Waals surface area contributed by atoms with Gasteiger partial charge in [-0.25, -0.2) is 0 Å². The van der Waals surface area contributed by atoms with Gasteiger partial charge in [0.05, 0.1) is 17.3 Å². The fraction of sp³-hybridized carbons (Fsp3) is 0.800. The molecule has 1 aromatic rings. The number of aromatic nitrogens is 2. The second-order valence-electron chi connectivity index (χ2n) is 5.22. The summed E-state index contributed by atoms with van der Waals surface area (Å²) < 4.78 is 8.10. The van der Waals surface area contributed by atoms with Crippen LogP contribution in [0.5, 0.6) is 0 Å². The standard InChI is InChI=1S/C15H30N4O/c1-6-15(7-2,20-9-4)14(17-16)11-13-10-12(5)18-19(13)8-3/h10,14,17H,6-9,11,16H2,1-5H3. The molecule has 0 aliphatic heterocycles. The lowest BCUT2D eigenvalue weighted by molar-refractivity contribution is -0.0723. The third-order valence-electron chi connectivity index (χ3n) is 4.16. The highest BCUT2D eigenvalue weighted by atomic mass is 16.5. The molecule has 0 spiro atoms. The molecule has 5 nitrogen and oxygen atoms in total. The van der Waals surface area contributed by atoms with Crippen molar-refractivity contribution in [2.45, 2.75) is 72.1 Å². The molecule has 1 aromatic heterocycles. The third-order valence-corrected chi connectivity index (χ3v) is 4.16. The second kappa shape index (κ2) is 7.76. The number of rotatable bonds is 9. The molecule has 0 fully saturated rings. The molecule has 0 saturated carbocycles. The largest absolute Gasteiger partial charge is 0.374 e. The van der Waals surface area contributed by atoms with Gasteiger partial charge in [-0.05, 0) is 39.7 Å². The van der Waals surface area contributed by atoms with Crippen LogP contribution >= 0.6 is 0 Å². The highest BCUT2D eigenvalue weighted by Gasteiger charge is 2.36. The van der Waals surface area contributed by atoms with E-state index in [1.165, 1.54) is 5.69 Å². The summed E-state index contributed by atoms with van der Waals surface area (Å²) in [6.45, 7) is 12.1. The van der Waals surface area contributed by atoms with Crippen LogP contribution in [0.25, 0.3) is 0 Å². The van der Waals surface area contributed by atoms with E-state index in [1.807, 2.05) is 18.5 Å². The third kappa shape index (κ3) is 3.59. The molecule has 0 saturated heterocycles. The lowest BCUT2D eigenvalue weighted by Gasteiger charge is -2.39. The van der Waals surface area contributed by atoms with Gasteiger partial charge in [0.2, 0.25) is 0 Å². The Morgan fingerprint density at radius 2 is 2.00 bits per heavy atom. The summed E-state index contributed by atoms with van der Waals surface area (Å²) in [6.07, 6.45) is 2.70. The van der Waals surface area contributed by atoms with Gasteiger partial charge in [0.15, 0.2) is 0 Å². The normalized spacial score (nSPS) is 13.7. The molecule has 0 amide bonds. The SMILES string of the molecule is CCOC(CC)(CC)C(Cc1cc(C)nn1CC)NN. The summed E-state index contributed by atoms with van der Waals surface area (Å²) in [5, 5.41) is 4.50. The molecule has 0 aliphatic carbocycles. The number of hydrogen-bond acceptors (Lipinski definition) is 4. The summed E-state index contributed by atoms with van der Waals surface area (Å²) >= 11 is 0. The van der Waals surface area contributed by atoms with Crippen molar-refractivity contribution in [2.75, 3.05) is 6.61 Å². The van der Waals surface area contributed by atoms with E-state index in [2.05, 4.69) is 37.4 Å². The molecule has 1 unspecified atom stereocenters. The Labute approximate surface area is 122 Å². The first-order valence-electron chi connectivity index (χ1n) is 7.70. The predicted molar refractivity (Wildman–Crippen MR) is 82.4 cm³/mol. The summed E-state index contributed by atoms with van der Waals surface area (Å²) in [6, 6.07) is 2.22. The molecule has 1 rings (SSSR count). The molecule has 1 heterocycles. The van der Waals surface area contributed by atoms with Crippen molar-refractivity contribution in [3.63, 3.8) is 0 Å². The summed E-state index contributed by atoms with van der Waals surface area (Å²) in [5.41, 5.74) is 5.01. The molecule has 0 aliphatic rings. The van der Waals surface area contributed by atoms with Crippen molar-refractivity contribution in [3.05, 3.63) is 17.5 Å². The molecular formula is C15H30N4O. The van der Waals surface area contributed by atoms with E-state index >= 15 is 0 Å². The number of nitrogens with one attached hydrogen (secondary N) is 1. The summed E-state index contributed by atoms with van der Waals surface area (Å²) in [4.78, 5) is 0. The molecule has 3 N–H and O–H groups in total. The monoisotopic (exact) mass is 282 g/mol. The molecule has 1 atom stereocenters. The van der Waals surface area contributed by atoms with Crippen molar-refractivity contribution in [1.29, 1.82) is 0 Å². The Bertz CT molecular complexity index is 399. The number of hydrogen-bond donors (Lipinski definition) is 2. The number of ether oxygens (including phenoxy) is 1. The van der Waals surface area contributed by atoms with Gasteiger partial charge < -0.3 is 4.74 Å². The van der Waals surface area contributed by atoms with Gasteiger partial charge in [-0.1, -0.05) is 13.8 Å². The highest BCUT2D eigenvalue weighted by Crippen LogP contribution is 2.27. The van der Waals surface area contributed by atoms with E-state index in [9.17, 15) is 0 Å². The van der Waals surface area contributed by atoms with Gasteiger partial charge in [-0.3, -0.25) is 16.0 Å². The van der Waals surface area contributed by atoms with Crippen molar-refractivity contribution in [3.8, 4) is 0 Å². The van der Waals surface area contributed by atoms with E-state index < -0.39 is 0 Å². The van der Waals surface area contributed by atoms with Gasteiger partial charge >= 0.3 is 0 Å². The average Bonchev–Trinajstić information content (AvgIpc) is 2.82. The Morgan fingerprint density at radius 3 is 2.45 bits per heavy atom. The van der Waals surface area contributed by atoms with Crippen LogP contribution in [-0.4, -0.2) is 28.0 Å². The van der Waals surface area contributed by atoms with Gasteiger partial charge in [-0.15, -0.1) is 0 Å². The molecule has 116 valence electrons. The number of nitrogens with two attached hydrogens (primary N) is 1. The molecule has 0 bridgehead atoms. The first-order chi connectivity index (χ1) is 9.56. The highest BCUT2D eigenvalue weighted by molar-refractivity contribution is 5.12. The lowest BCUT2D eigenvalue weighted by atomic mass is 9.85. The van der Waals surface area contributed by atoms with E-state index in [0.717, 1.165) is 31.5 Å². The fourth-order valence-electron chi connectivity index (χ4n) is 2.98. The predicted octanol–water partition coefficient (Wildman–Crippen LogP) is 2.18. The molecule has 5 heteroatoms. The van der Waals surface area contributed by atoms with Crippen molar-refractivity contribution >= 4 is 0 Å². The van der Waals surface area contributed by atoms with Gasteiger partial charge in [0.25, 0.3) is 0 Å². The smallest absolute Gasteiger partial charge is 0.0846 e. The average molecular weight is 282 g/mol. The van der Waals surface area contributed by atoms with Crippen LogP contribution in [-0.2, 0) is 17.7 Å². The zero-order valence-electron chi connectivity index (χ0n) is 13.6. The topological polar surface area (TPSA) is 65.1 Å². The minimum absolute atomic E-state index is 0.0823. The van der Waals surface area contributed by atoms with Crippen LogP contribution in [0.2, 0.25) is 0 Å². The maximum Gasteiger partial charge on any atom is 0.0846 e. The number of hydrazine groups is 1. The Balaban J connectivity index is 2.99. The van der Waals surface area contributed by atoms with E-state index in [0.29, 0.717) is 6.61 Å². The van der Waals surface area contributed by atoms with Crippen LogP contribution in [0.3, 0.4) is 0 Å². The van der Waals surface area contributed by atoms with Gasteiger partial charge in [0.1, 0.15) is 0 Å². The zero-order valence-corrected chi connectivity index (χ0v) is 13.6. The minimum Gasteiger partial charge on any atom is -0.374 e. The maximum absolute atomic E-state index is 6.06. The zero-order chi connectivity index (χ0) is 15.2. The van der Waals surface area contributed by atoms with E-state index in [4.69, 9.17) is 10.6 Å².